The van der Waals surface area contributed by atoms with Crippen LogP contribution < -0.4 is 5.32 Å². The van der Waals surface area contributed by atoms with E-state index in [-0.39, 0.29) is 12.5 Å². The third-order valence-electron chi connectivity index (χ3n) is 12.2. The lowest BCUT2D eigenvalue weighted by Gasteiger charge is -2.19. The van der Waals surface area contributed by atoms with Crippen LogP contribution in [-0.2, 0) is 4.79 Å². The van der Waals surface area contributed by atoms with Gasteiger partial charge in [-0.25, -0.2) is 0 Å². The fourth-order valence-electron chi connectivity index (χ4n) is 8.07. The van der Waals surface area contributed by atoms with Gasteiger partial charge in [-0.3, -0.25) is 4.79 Å². The predicted molar refractivity (Wildman–Crippen MR) is 271 cm³/mol. The summed E-state index contributed by atoms with van der Waals surface area (Å²) in [5, 5.41) is 23.0. The third-order valence-corrected chi connectivity index (χ3v) is 12.2. The molecule has 0 bridgehead atoms. The van der Waals surface area contributed by atoms with Crippen molar-refractivity contribution in [3.63, 3.8) is 0 Å². The second kappa shape index (κ2) is 52.4. The lowest BCUT2D eigenvalue weighted by Crippen LogP contribution is -2.45. The van der Waals surface area contributed by atoms with Crippen LogP contribution in [0.2, 0.25) is 0 Å². The standard InChI is InChI=1S/C57H105NO3/c1-3-5-7-9-11-13-15-17-19-20-21-22-23-24-25-26-27-28-29-30-31-32-33-34-35-36-37-38-39-41-43-45-47-49-51-53-57(61)58-55(54-59)56(60)52-50-48-46-44-42-40-18-16-14-12-10-8-6-4-2/h14,16,23-24,26-27,42,44,50,52,55-56,59-60H,3-13,15,17-22,25,28-41,43,45-49,51,53-54H2,1-2H3,(H,58,61)/b16-14+,24-23-,27-26-,44-42+,52-50+. The molecule has 4 heteroatoms. The van der Waals surface area contributed by atoms with E-state index in [4.69, 9.17) is 0 Å². The Morgan fingerprint density at radius 2 is 0.689 bits per heavy atom. The highest BCUT2D eigenvalue weighted by Gasteiger charge is 2.17. The summed E-state index contributed by atoms with van der Waals surface area (Å²) >= 11 is 0. The van der Waals surface area contributed by atoms with Crippen molar-refractivity contribution >= 4 is 5.91 Å². The zero-order chi connectivity index (χ0) is 44.2. The van der Waals surface area contributed by atoms with Gasteiger partial charge in [0, 0.05) is 6.42 Å². The molecule has 4 nitrogen and oxygen atoms in total. The largest absolute Gasteiger partial charge is 0.394 e. The van der Waals surface area contributed by atoms with Gasteiger partial charge in [-0.05, 0) is 77.0 Å². The molecule has 0 aromatic heterocycles. The number of unbranched alkanes of at least 4 members (excludes halogenated alkanes) is 34. The SMILES string of the molecule is CCCCCC/C=C/CC/C=C/CC/C=C/C(O)C(CO)NC(=O)CCCCCCCCCCCCCCCCCCC/C=C\C/C=C\CCCCCCCCCCCCC. The second-order valence-corrected chi connectivity index (χ2v) is 18.3. The first-order valence-corrected chi connectivity index (χ1v) is 27.0. The molecule has 356 valence electrons. The zero-order valence-corrected chi connectivity index (χ0v) is 40.9. The van der Waals surface area contributed by atoms with Gasteiger partial charge in [0.1, 0.15) is 0 Å². The summed E-state index contributed by atoms with van der Waals surface area (Å²) in [5.74, 6) is -0.0775. The van der Waals surface area contributed by atoms with Gasteiger partial charge < -0.3 is 15.5 Å². The van der Waals surface area contributed by atoms with Crippen LogP contribution >= 0.6 is 0 Å². The number of hydrogen-bond donors (Lipinski definition) is 3. The van der Waals surface area contributed by atoms with E-state index in [1.54, 1.807) is 6.08 Å². The summed E-state index contributed by atoms with van der Waals surface area (Å²) in [4.78, 5) is 12.4. The van der Waals surface area contributed by atoms with Crippen LogP contribution in [0.25, 0.3) is 0 Å². The Balaban J connectivity index is 3.47. The highest BCUT2D eigenvalue weighted by molar-refractivity contribution is 5.76. The number of aliphatic hydroxyl groups is 2. The average Bonchev–Trinajstić information content (AvgIpc) is 3.26. The minimum atomic E-state index is -0.870. The molecule has 0 heterocycles. The van der Waals surface area contributed by atoms with Crippen LogP contribution in [0, 0.1) is 0 Å². The second-order valence-electron chi connectivity index (χ2n) is 18.3. The molecule has 0 saturated heterocycles. The number of nitrogens with one attached hydrogen (secondary N) is 1. The first-order chi connectivity index (χ1) is 30.2. The maximum absolute atomic E-state index is 12.4. The van der Waals surface area contributed by atoms with E-state index in [9.17, 15) is 15.0 Å². The van der Waals surface area contributed by atoms with Gasteiger partial charge in [0.15, 0.2) is 0 Å². The van der Waals surface area contributed by atoms with Gasteiger partial charge >= 0.3 is 0 Å². The normalized spacial score (nSPS) is 13.3. The molecule has 0 fully saturated rings. The molecule has 2 atom stereocenters. The molecule has 0 radical (unpaired) electrons. The van der Waals surface area contributed by atoms with Crippen molar-refractivity contribution in [2.24, 2.45) is 0 Å². The highest BCUT2D eigenvalue weighted by atomic mass is 16.3. The molecule has 0 aromatic rings. The summed E-state index contributed by atoms with van der Waals surface area (Å²) in [7, 11) is 0. The van der Waals surface area contributed by atoms with Crippen LogP contribution in [0.5, 0.6) is 0 Å². The summed E-state index contributed by atoms with van der Waals surface area (Å²) < 4.78 is 0. The molecule has 0 saturated carbocycles. The van der Waals surface area contributed by atoms with Gasteiger partial charge in [0.05, 0.1) is 18.8 Å². The maximum atomic E-state index is 12.4. The van der Waals surface area contributed by atoms with Crippen molar-refractivity contribution in [2.75, 3.05) is 6.61 Å². The zero-order valence-electron chi connectivity index (χ0n) is 40.9. The predicted octanol–water partition coefficient (Wildman–Crippen LogP) is 17.6. The van der Waals surface area contributed by atoms with E-state index < -0.39 is 12.1 Å². The molecular weight excluding hydrogens is 747 g/mol. The molecule has 1 amide bonds. The van der Waals surface area contributed by atoms with Crippen molar-refractivity contribution in [3.05, 3.63) is 60.8 Å². The summed E-state index contributed by atoms with van der Waals surface area (Å²) in [6.45, 7) is 4.28. The number of carbonyl (C=O) groups excluding carboxylic acids is 1. The third kappa shape index (κ3) is 49.0. The number of hydrogen-bond acceptors (Lipinski definition) is 3. The molecule has 0 aliphatic carbocycles. The monoisotopic (exact) mass is 852 g/mol. The topological polar surface area (TPSA) is 69.6 Å². The highest BCUT2D eigenvalue weighted by Crippen LogP contribution is 2.16. The van der Waals surface area contributed by atoms with Gasteiger partial charge in [-0.2, -0.15) is 0 Å². The molecule has 0 aliphatic heterocycles. The van der Waals surface area contributed by atoms with Crippen molar-refractivity contribution in [2.45, 2.75) is 289 Å². The quantitative estimate of drug-likeness (QED) is 0.0422. The van der Waals surface area contributed by atoms with Crippen LogP contribution in [0.4, 0.5) is 0 Å². The van der Waals surface area contributed by atoms with Gasteiger partial charge in [0.2, 0.25) is 5.91 Å². The lowest BCUT2D eigenvalue weighted by atomic mass is 10.0. The summed E-state index contributed by atoms with van der Waals surface area (Å²) in [6.07, 6.45) is 73.8. The molecular formula is C57H105NO3. The fourth-order valence-corrected chi connectivity index (χ4v) is 8.07. The molecule has 0 aromatic carbocycles. The Bertz CT molecular complexity index is 1010. The van der Waals surface area contributed by atoms with Gasteiger partial charge in [-0.1, -0.05) is 254 Å². The van der Waals surface area contributed by atoms with Crippen LogP contribution in [0.15, 0.2) is 60.8 Å². The molecule has 0 spiro atoms. The molecule has 3 N–H and O–H groups in total. The summed E-state index contributed by atoms with van der Waals surface area (Å²) in [5.41, 5.74) is 0. The van der Waals surface area contributed by atoms with E-state index in [1.165, 1.54) is 212 Å². The van der Waals surface area contributed by atoms with Crippen molar-refractivity contribution in [1.29, 1.82) is 0 Å². The first-order valence-electron chi connectivity index (χ1n) is 27.0. The number of aliphatic hydroxyl groups excluding tert-OH is 2. The van der Waals surface area contributed by atoms with E-state index in [0.717, 1.165) is 44.9 Å². The fraction of sp³-hybridized carbons (Fsp3) is 0.807. The maximum Gasteiger partial charge on any atom is 0.220 e. The van der Waals surface area contributed by atoms with Crippen molar-refractivity contribution < 1.29 is 15.0 Å². The van der Waals surface area contributed by atoms with Crippen molar-refractivity contribution in [1.82, 2.24) is 5.32 Å². The Morgan fingerprint density at radius 3 is 1.07 bits per heavy atom. The van der Waals surface area contributed by atoms with E-state index in [1.807, 2.05) is 6.08 Å². The number of rotatable bonds is 49. The van der Waals surface area contributed by atoms with Crippen LogP contribution in [-0.4, -0.2) is 34.9 Å². The molecule has 2 unspecified atom stereocenters. The number of allylic oxidation sites excluding steroid dienone is 9. The Kier molecular flexibility index (Phi) is 50.8. The van der Waals surface area contributed by atoms with E-state index in [0.29, 0.717) is 6.42 Å². The Morgan fingerprint density at radius 1 is 0.393 bits per heavy atom. The van der Waals surface area contributed by atoms with E-state index >= 15 is 0 Å². The van der Waals surface area contributed by atoms with Gasteiger partial charge in [0.25, 0.3) is 0 Å². The Hall–Kier alpha value is -1.91. The van der Waals surface area contributed by atoms with E-state index in [2.05, 4.69) is 67.8 Å². The average molecular weight is 852 g/mol. The molecule has 0 rings (SSSR count). The first kappa shape index (κ1) is 59.1. The molecule has 0 aliphatic rings. The molecule has 61 heavy (non-hydrogen) atoms. The van der Waals surface area contributed by atoms with Gasteiger partial charge in [-0.15, -0.1) is 0 Å². The van der Waals surface area contributed by atoms with Crippen molar-refractivity contribution in [3.8, 4) is 0 Å². The lowest BCUT2D eigenvalue weighted by molar-refractivity contribution is -0.123. The number of amides is 1. The summed E-state index contributed by atoms with van der Waals surface area (Å²) in [6, 6.07) is -0.646. The minimum Gasteiger partial charge on any atom is -0.394 e. The van der Waals surface area contributed by atoms with Crippen LogP contribution in [0.1, 0.15) is 277 Å². The smallest absolute Gasteiger partial charge is 0.220 e. The Labute approximate surface area is 381 Å². The minimum absolute atomic E-state index is 0.0775. The van der Waals surface area contributed by atoms with Crippen LogP contribution in [0.3, 0.4) is 0 Å². The number of carbonyl (C=O) groups is 1.